The fourth-order valence-corrected chi connectivity index (χ4v) is 2.60. The van der Waals surface area contributed by atoms with Crippen molar-refractivity contribution in [1.29, 1.82) is 0 Å². The highest BCUT2D eigenvalue weighted by molar-refractivity contribution is 6.30. The van der Waals surface area contributed by atoms with Gasteiger partial charge in [0.25, 0.3) is 0 Å². The largest absolute Gasteiger partial charge is 0.375 e. The molecular weight excluding hydrogens is 275 g/mol. The van der Waals surface area contributed by atoms with Crippen molar-refractivity contribution in [2.24, 2.45) is 0 Å². The third-order valence-corrected chi connectivity index (χ3v) is 3.38. The minimum absolute atomic E-state index is 0.309. The van der Waals surface area contributed by atoms with E-state index in [-0.39, 0.29) is 6.04 Å². The van der Waals surface area contributed by atoms with Crippen LogP contribution in [0.1, 0.15) is 17.2 Å². The SMILES string of the molecule is Fc1cc(F)cc(C2Cc3cc(Cl)cc(F)c3N2)c1. The molecule has 3 rings (SSSR count). The first kappa shape index (κ1) is 12.4. The van der Waals surface area contributed by atoms with Crippen LogP contribution in [0.25, 0.3) is 0 Å². The maximum atomic E-state index is 13.7. The van der Waals surface area contributed by atoms with Crippen LogP contribution in [0.15, 0.2) is 30.3 Å². The van der Waals surface area contributed by atoms with Gasteiger partial charge in [0.2, 0.25) is 0 Å². The molecule has 2 aromatic rings. The first-order valence-electron chi connectivity index (χ1n) is 5.73. The molecule has 0 fully saturated rings. The van der Waals surface area contributed by atoms with Gasteiger partial charge in [0, 0.05) is 11.1 Å². The molecule has 1 N–H and O–H groups in total. The number of hydrogen-bond acceptors (Lipinski definition) is 1. The summed E-state index contributed by atoms with van der Waals surface area (Å²) in [7, 11) is 0. The second-order valence-corrected chi connectivity index (χ2v) is 4.96. The number of halogens is 4. The Morgan fingerprint density at radius 1 is 1.00 bits per heavy atom. The zero-order valence-electron chi connectivity index (χ0n) is 9.68. The van der Waals surface area contributed by atoms with E-state index in [4.69, 9.17) is 11.6 Å². The van der Waals surface area contributed by atoms with Crippen molar-refractivity contribution < 1.29 is 13.2 Å². The summed E-state index contributed by atoms with van der Waals surface area (Å²) in [6.07, 6.45) is 0.440. The number of anilines is 1. The molecule has 1 nitrogen and oxygen atoms in total. The van der Waals surface area contributed by atoms with Crippen LogP contribution in [0, 0.1) is 17.5 Å². The van der Waals surface area contributed by atoms with E-state index in [9.17, 15) is 13.2 Å². The molecule has 0 bridgehead atoms. The van der Waals surface area contributed by atoms with Gasteiger partial charge in [-0.25, -0.2) is 13.2 Å². The molecule has 98 valence electrons. The third-order valence-electron chi connectivity index (χ3n) is 3.17. The van der Waals surface area contributed by atoms with Crippen molar-refractivity contribution in [2.75, 3.05) is 5.32 Å². The molecule has 1 heterocycles. The summed E-state index contributed by atoms with van der Waals surface area (Å²) in [6.45, 7) is 0. The third kappa shape index (κ3) is 2.28. The number of benzene rings is 2. The van der Waals surface area contributed by atoms with E-state index in [1.54, 1.807) is 6.07 Å². The number of fused-ring (bicyclic) bond motifs is 1. The Balaban J connectivity index is 1.97. The van der Waals surface area contributed by atoms with Gasteiger partial charge >= 0.3 is 0 Å². The molecule has 19 heavy (non-hydrogen) atoms. The highest BCUT2D eigenvalue weighted by Gasteiger charge is 2.26. The summed E-state index contributed by atoms with van der Waals surface area (Å²) >= 11 is 5.79. The Morgan fingerprint density at radius 3 is 2.37 bits per heavy atom. The molecule has 0 spiro atoms. The lowest BCUT2D eigenvalue weighted by molar-refractivity contribution is 0.576. The summed E-state index contributed by atoms with van der Waals surface area (Å²) in [5.41, 5.74) is 1.50. The minimum Gasteiger partial charge on any atom is -0.375 e. The average molecular weight is 284 g/mol. The second kappa shape index (κ2) is 4.46. The summed E-state index contributed by atoms with van der Waals surface area (Å²) in [5.74, 6) is -1.75. The molecule has 1 aliphatic heterocycles. The van der Waals surface area contributed by atoms with E-state index in [0.717, 1.165) is 6.07 Å². The average Bonchev–Trinajstić information content (AvgIpc) is 2.71. The van der Waals surface area contributed by atoms with E-state index in [1.807, 2.05) is 0 Å². The van der Waals surface area contributed by atoms with Crippen LogP contribution in [-0.4, -0.2) is 0 Å². The van der Waals surface area contributed by atoms with Crippen LogP contribution >= 0.6 is 11.6 Å². The Labute approximate surface area is 113 Å². The van der Waals surface area contributed by atoms with Crippen molar-refractivity contribution in [3.8, 4) is 0 Å². The number of hydrogen-bond donors (Lipinski definition) is 1. The number of rotatable bonds is 1. The van der Waals surface area contributed by atoms with E-state index in [0.29, 0.717) is 28.3 Å². The lowest BCUT2D eigenvalue weighted by Crippen LogP contribution is -2.07. The quantitative estimate of drug-likeness (QED) is 0.814. The minimum atomic E-state index is -0.647. The standard InChI is InChI=1S/C14H9ClF3N/c15-9-1-8-4-13(19-14(8)12(18)5-9)7-2-10(16)6-11(17)3-7/h1-3,5-6,13,19H,4H2. The van der Waals surface area contributed by atoms with Crippen LogP contribution in [0.5, 0.6) is 0 Å². The molecular formula is C14H9ClF3N. The molecule has 0 saturated heterocycles. The van der Waals surface area contributed by atoms with Gasteiger partial charge in [0.15, 0.2) is 0 Å². The molecule has 0 amide bonds. The van der Waals surface area contributed by atoms with Gasteiger partial charge in [-0.1, -0.05) is 11.6 Å². The Morgan fingerprint density at radius 2 is 1.68 bits per heavy atom. The molecule has 1 aliphatic rings. The van der Waals surface area contributed by atoms with Gasteiger partial charge in [-0.05, 0) is 41.8 Å². The summed E-state index contributed by atoms with van der Waals surface area (Å²) in [6, 6.07) is 5.81. The van der Waals surface area contributed by atoms with Gasteiger partial charge in [-0.3, -0.25) is 0 Å². The van der Waals surface area contributed by atoms with Crippen molar-refractivity contribution >= 4 is 17.3 Å². The predicted molar refractivity (Wildman–Crippen MR) is 67.8 cm³/mol. The van der Waals surface area contributed by atoms with Crippen LogP contribution < -0.4 is 5.32 Å². The summed E-state index contributed by atoms with van der Waals surface area (Å²) in [4.78, 5) is 0. The van der Waals surface area contributed by atoms with Crippen LogP contribution in [0.2, 0.25) is 5.02 Å². The summed E-state index contributed by atoms with van der Waals surface area (Å²) in [5, 5.41) is 3.24. The highest BCUT2D eigenvalue weighted by Crippen LogP contribution is 2.37. The molecule has 0 aliphatic carbocycles. The van der Waals surface area contributed by atoms with Gasteiger partial charge in [-0.2, -0.15) is 0 Å². The second-order valence-electron chi connectivity index (χ2n) is 4.53. The highest BCUT2D eigenvalue weighted by atomic mass is 35.5. The number of nitrogens with one attached hydrogen (secondary N) is 1. The molecule has 0 saturated carbocycles. The smallest absolute Gasteiger partial charge is 0.148 e. The van der Waals surface area contributed by atoms with Gasteiger partial charge < -0.3 is 5.32 Å². The van der Waals surface area contributed by atoms with Crippen molar-refractivity contribution in [1.82, 2.24) is 0 Å². The molecule has 2 aromatic carbocycles. The summed E-state index contributed by atoms with van der Waals surface area (Å²) < 4.78 is 40.1. The normalized spacial score (nSPS) is 17.2. The maximum Gasteiger partial charge on any atom is 0.148 e. The predicted octanol–water partition coefficient (Wildman–Crippen LogP) is 4.47. The Kier molecular flexibility index (Phi) is 2.90. The molecule has 0 aromatic heterocycles. The van der Waals surface area contributed by atoms with Gasteiger partial charge in [0.1, 0.15) is 17.5 Å². The molecule has 1 unspecified atom stereocenters. The Bertz CT molecular complexity index is 637. The van der Waals surface area contributed by atoms with E-state index in [1.165, 1.54) is 18.2 Å². The van der Waals surface area contributed by atoms with Crippen LogP contribution in [-0.2, 0) is 6.42 Å². The van der Waals surface area contributed by atoms with Crippen molar-refractivity contribution in [3.05, 3.63) is 63.9 Å². The van der Waals surface area contributed by atoms with Crippen LogP contribution in [0.3, 0.4) is 0 Å². The molecule has 0 radical (unpaired) electrons. The monoisotopic (exact) mass is 283 g/mol. The molecule has 5 heteroatoms. The Hall–Kier alpha value is -1.68. The fourth-order valence-electron chi connectivity index (χ4n) is 2.37. The van der Waals surface area contributed by atoms with E-state index < -0.39 is 17.5 Å². The first-order chi connectivity index (χ1) is 9.02. The van der Waals surface area contributed by atoms with E-state index >= 15 is 0 Å². The lowest BCUT2D eigenvalue weighted by atomic mass is 10.0. The zero-order valence-corrected chi connectivity index (χ0v) is 10.4. The topological polar surface area (TPSA) is 12.0 Å². The first-order valence-corrected chi connectivity index (χ1v) is 6.11. The lowest BCUT2D eigenvalue weighted by Gasteiger charge is -2.12. The maximum absolute atomic E-state index is 13.7. The molecule has 1 atom stereocenters. The van der Waals surface area contributed by atoms with Gasteiger partial charge in [-0.15, -0.1) is 0 Å². The van der Waals surface area contributed by atoms with Crippen molar-refractivity contribution in [2.45, 2.75) is 12.5 Å². The van der Waals surface area contributed by atoms with E-state index in [2.05, 4.69) is 5.32 Å². The van der Waals surface area contributed by atoms with Crippen LogP contribution in [0.4, 0.5) is 18.9 Å². The zero-order chi connectivity index (χ0) is 13.6. The fraction of sp³-hybridized carbons (Fsp3) is 0.143. The van der Waals surface area contributed by atoms with Crippen molar-refractivity contribution in [3.63, 3.8) is 0 Å². The van der Waals surface area contributed by atoms with Gasteiger partial charge in [0.05, 0.1) is 11.7 Å².